The number of likely N-dealkylation sites (tertiary alicyclic amines) is 1. The molecular formula is C6H11KNS2. The summed E-state index contributed by atoms with van der Waals surface area (Å²) in [5.41, 5.74) is 0. The van der Waals surface area contributed by atoms with E-state index in [2.05, 4.69) is 17.5 Å². The van der Waals surface area contributed by atoms with Crippen molar-refractivity contribution in [3.63, 3.8) is 0 Å². The first kappa shape index (κ1) is 11.9. The fraction of sp³-hybridized carbons (Fsp3) is 0.833. The minimum absolute atomic E-state index is 0. The van der Waals surface area contributed by atoms with Crippen LogP contribution in [0.4, 0.5) is 0 Å². The Morgan fingerprint density at radius 1 is 1.20 bits per heavy atom. The molecule has 0 atom stereocenters. The number of hydrogen-bond donors (Lipinski definition) is 1. The molecule has 0 N–H and O–H groups in total. The van der Waals surface area contributed by atoms with E-state index in [1.807, 2.05) is 0 Å². The van der Waals surface area contributed by atoms with Crippen molar-refractivity contribution in [1.82, 2.24) is 4.90 Å². The zero-order chi connectivity index (χ0) is 6.69. The molecule has 1 fully saturated rings. The van der Waals surface area contributed by atoms with Gasteiger partial charge in [0.25, 0.3) is 0 Å². The first-order valence-electron chi connectivity index (χ1n) is 3.28. The largest absolute Gasteiger partial charge is 0.358 e. The van der Waals surface area contributed by atoms with Gasteiger partial charge in [-0.1, -0.05) is 12.2 Å². The van der Waals surface area contributed by atoms with Crippen molar-refractivity contribution < 1.29 is 0 Å². The number of hydrogen-bond acceptors (Lipinski definition) is 1. The van der Waals surface area contributed by atoms with Crippen LogP contribution in [0.1, 0.15) is 19.3 Å². The average Bonchev–Trinajstić information content (AvgIpc) is 1.90. The van der Waals surface area contributed by atoms with E-state index in [9.17, 15) is 0 Å². The van der Waals surface area contributed by atoms with E-state index in [0.717, 1.165) is 17.4 Å². The molecule has 0 amide bonds. The second-order valence-electron chi connectivity index (χ2n) is 2.33. The average molecular weight is 200 g/mol. The second-order valence-corrected chi connectivity index (χ2v) is 3.44. The second kappa shape index (κ2) is 6.40. The molecule has 53 valence electrons. The molecule has 1 heterocycles. The Hall–Kier alpha value is 1.88. The fourth-order valence-corrected chi connectivity index (χ4v) is 1.47. The molecule has 1 aliphatic heterocycles. The van der Waals surface area contributed by atoms with Crippen molar-refractivity contribution in [2.24, 2.45) is 0 Å². The molecule has 1 saturated heterocycles. The first-order valence-corrected chi connectivity index (χ1v) is 4.14. The SMILES string of the molecule is S=C(S)N1CCCCC1.[K]. The molecule has 0 aromatic rings. The van der Waals surface area contributed by atoms with Gasteiger partial charge in [0.1, 0.15) is 4.32 Å². The molecule has 0 unspecified atom stereocenters. The maximum absolute atomic E-state index is 4.91. The van der Waals surface area contributed by atoms with Gasteiger partial charge >= 0.3 is 0 Å². The van der Waals surface area contributed by atoms with Crippen LogP contribution in [0.5, 0.6) is 0 Å². The number of thiol groups is 1. The summed E-state index contributed by atoms with van der Waals surface area (Å²) in [6.07, 6.45) is 3.91. The van der Waals surface area contributed by atoms with Gasteiger partial charge in [0.05, 0.1) is 0 Å². The van der Waals surface area contributed by atoms with Gasteiger partial charge in [-0.05, 0) is 19.3 Å². The van der Waals surface area contributed by atoms with Crippen LogP contribution in [-0.2, 0) is 0 Å². The third kappa shape index (κ3) is 4.04. The summed E-state index contributed by atoms with van der Waals surface area (Å²) in [6.45, 7) is 2.23. The maximum atomic E-state index is 4.91. The number of nitrogens with zero attached hydrogens (tertiary/aromatic N) is 1. The Bertz CT molecular complexity index is 112. The summed E-state index contributed by atoms with van der Waals surface area (Å²) in [5, 5.41) is 0. The molecule has 1 radical (unpaired) electrons. The van der Waals surface area contributed by atoms with Crippen molar-refractivity contribution in [2.75, 3.05) is 13.1 Å². The Labute approximate surface area is 116 Å². The third-order valence-electron chi connectivity index (χ3n) is 1.63. The van der Waals surface area contributed by atoms with E-state index in [1.165, 1.54) is 19.3 Å². The van der Waals surface area contributed by atoms with E-state index in [4.69, 9.17) is 12.2 Å². The van der Waals surface area contributed by atoms with E-state index >= 15 is 0 Å². The Morgan fingerprint density at radius 2 is 1.70 bits per heavy atom. The van der Waals surface area contributed by atoms with Crippen molar-refractivity contribution in [2.45, 2.75) is 19.3 Å². The summed E-state index contributed by atoms with van der Waals surface area (Å²) in [7, 11) is 0. The summed E-state index contributed by atoms with van der Waals surface area (Å²) in [4.78, 5) is 2.15. The standard InChI is InChI=1S/C6H11NS2.K/c8-6(9)7-4-2-1-3-5-7;/h1-5H2,(H,8,9);. The van der Waals surface area contributed by atoms with Crippen LogP contribution < -0.4 is 0 Å². The first-order chi connectivity index (χ1) is 4.30. The van der Waals surface area contributed by atoms with E-state index < -0.39 is 0 Å². The topological polar surface area (TPSA) is 3.24 Å². The van der Waals surface area contributed by atoms with Crippen LogP contribution in [0.15, 0.2) is 0 Å². The zero-order valence-electron chi connectivity index (χ0n) is 6.34. The molecule has 0 aromatic heterocycles. The molecule has 1 rings (SSSR count). The van der Waals surface area contributed by atoms with Crippen molar-refractivity contribution in [1.29, 1.82) is 0 Å². The Morgan fingerprint density at radius 3 is 2.00 bits per heavy atom. The summed E-state index contributed by atoms with van der Waals surface area (Å²) < 4.78 is 0.759. The molecule has 0 aliphatic carbocycles. The van der Waals surface area contributed by atoms with Crippen LogP contribution in [-0.4, -0.2) is 73.7 Å². The predicted molar refractivity (Wildman–Crippen MR) is 52.8 cm³/mol. The minimum Gasteiger partial charge on any atom is -0.358 e. The molecule has 0 aromatic carbocycles. The molecular weight excluding hydrogens is 189 g/mol. The fourth-order valence-electron chi connectivity index (χ4n) is 1.09. The number of piperidine rings is 1. The zero-order valence-corrected chi connectivity index (χ0v) is 11.2. The molecule has 1 aliphatic rings. The Kier molecular flexibility index (Phi) is 7.60. The van der Waals surface area contributed by atoms with Gasteiger partial charge < -0.3 is 4.90 Å². The molecule has 0 saturated carbocycles. The molecule has 1 nitrogen and oxygen atoms in total. The molecule has 0 bridgehead atoms. The van der Waals surface area contributed by atoms with Crippen LogP contribution >= 0.6 is 24.8 Å². The van der Waals surface area contributed by atoms with Crippen LogP contribution in [0.3, 0.4) is 0 Å². The van der Waals surface area contributed by atoms with Crippen LogP contribution in [0.25, 0.3) is 0 Å². The summed E-state index contributed by atoms with van der Waals surface area (Å²) in [6, 6.07) is 0. The Balaban J connectivity index is 0.000000810. The smallest absolute Gasteiger partial charge is 0.133 e. The van der Waals surface area contributed by atoms with E-state index in [-0.39, 0.29) is 51.4 Å². The number of rotatable bonds is 0. The van der Waals surface area contributed by atoms with Crippen molar-refractivity contribution in [3.05, 3.63) is 0 Å². The van der Waals surface area contributed by atoms with Gasteiger partial charge in [-0.15, -0.1) is 12.6 Å². The van der Waals surface area contributed by atoms with Crippen LogP contribution in [0, 0.1) is 0 Å². The molecule has 4 heteroatoms. The third-order valence-corrected chi connectivity index (χ3v) is 2.17. The molecule has 10 heavy (non-hydrogen) atoms. The predicted octanol–water partition coefficient (Wildman–Crippen LogP) is 1.31. The summed E-state index contributed by atoms with van der Waals surface area (Å²) >= 11 is 9.00. The van der Waals surface area contributed by atoms with Gasteiger partial charge in [-0.25, -0.2) is 0 Å². The molecule has 0 spiro atoms. The summed E-state index contributed by atoms with van der Waals surface area (Å²) in [5.74, 6) is 0. The quantitative estimate of drug-likeness (QED) is 0.357. The van der Waals surface area contributed by atoms with Gasteiger partial charge in [-0.3, -0.25) is 0 Å². The van der Waals surface area contributed by atoms with Gasteiger partial charge in [-0.2, -0.15) is 0 Å². The maximum Gasteiger partial charge on any atom is 0.133 e. The van der Waals surface area contributed by atoms with Gasteiger partial charge in [0, 0.05) is 64.5 Å². The van der Waals surface area contributed by atoms with Gasteiger partial charge in [0.15, 0.2) is 0 Å². The van der Waals surface area contributed by atoms with Crippen molar-refractivity contribution in [3.8, 4) is 0 Å². The van der Waals surface area contributed by atoms with Gasteiger partial charge in [0.2, 0.25) is 0 Å². The van der Waals surface area contributed by atoms with E-state index in [0.29, 0.717) is 0 Å². The van der Waals surface area contributed by atoms with E-state index in [1.54, 1.807) is 0 Å². The monoisotopic (exact) mass is 200 g/mol. The number of thiocarbonyl (C=S) groups is 1. The normalized spacial score (nSPS) is 17.9. The minimum atomic E-state index is 0. The van der Waals surface area contributed by atoms with Crippen molar-refractivity contribution >= 4 is 80.6 Å². The van der Waals surface area contributed by atoms with Crippen LogP contribution in [0.2, 0.25) is 0 Å².